The van der Waals surface area contributed by atoms with Crippen molar-refractivity contribution >= 4 is 21.6 Å². The first-order chi connectivity index (χ1) is 8.49. The third kappa shape index (κ3) is 3.22. The summed E-state index contributed by atoms with van der Waals surface area (Å²) in [6.45, 7) is 2.15. The molecule has 2 unspecified atom stereocenters. The summed E-state index contributed by atoms with van der Waals surface area (Å²) in [6, 6.07) is 3.06. The van der Waals surface area contributed by atoms with Crippen LogP contribution < -0.4 is 4.72 Å². The lowest BCUT2D eigenvalue weighted by Crippen LogP contribution is -2.38. The summed E-state index contributed by atoms with van der Waals surface area (Å²) in [5, 5.41) is 0.0221. The summed E-state index contributed by atoms with van der Waals surface area (Å²) in [5.41, 5.74) is 0. The van der Waals surface area contributed by atoms with Crippen LogP contribution in [-0.2, 0) is 10.0 Å². The number of hydrogen-bond donors (Lipinski definition) is 1. The summed E-state index contributed by atoms with van der Waals surface area (Å²) in [7, 11) is -3.56. The van der Waals surface area contributed by atoms with Gasteiger partial charge in [0.05, 0.1) is 0 Å². The minimum Gasteiger partial charge on any atom is -0.243 e. The maximum Gasteiger partial charge on any atom is 0.243 e. The fourth-order valence-corrected chi connectivity index (χ4v) is 4.13. The molecule has 1 saturated carbocycles. The molecule has 1 heterocycles. The smallest absolute Gasteiger partial charge is 0.243 e. The maximum absolute atomic E-state index is 12.2. The molecule has 1 aromatic heterocycles. The zero-order valence-electron chi connectivity index (χ0n) is 10.3. The number of nitrogens with zero attached hydrogens (tertiary/aromatic N) is 1. The van der Waals surface area contributed by atoms with Gasteiger partial charge in [0.15, 0.2) is 0 Å². The van der Waals surface area contributed by atoms with Crippen LogP contribution in [0.3, 0.4) is 0 Å². The van der Waals surface area contributed by atoms with Crippen LogP contribution in [0.5, 0.6) is 0 Å². The average Bonchev–Trinajstić information content (AvgIpc) is 2.28. The largest absolute Gasteiger partial charge is 0.243 e. The second-order valence-electron chi connectivity index (χ2n) is 4.88. The highest BCUT2D eigenvalue weighted by atomic mass is 35.5. The van der Waals surface area contributed by atoms with Crippen LogP contribution in [0.4, 0.5) is 0 Å². The molecule has 4 nitrogen and oxygen atoms in total. The summed E-state index contributed by atoms with van der Waals surface area (Å²) in [4.78, 5) is 3.86. The molecule has 1 aromatic rings. The fraction of sp³-hybridized carbons (Fsp3) is 0.583. The zero-order valence-corrected chi connectivity index (χ0v) is 11.8. The molecule has 0 spiro atoms. The van der Waals surface area contributed by atoms with E-state index in [0.717, 1.165) is 19.3 Å². The Bertz CT molecular complexity index is 519. The van der Waals surface area contributed by atoms with E-state index in [9.17, 15) is 8.42 Å². The second-order valence-corrected chi connectivity index (χ2v) is 6.92. The number of rotatable bonds is 3. The SMILES string of the molecule is CC1CCCC(NS(=O)(=O)c2cccnc2Cl)C1. The minimum absolute atomic E-state index is 0.00928. The van der Waals surface area contributed by atoms with Gasteiger partial charge in [0.1, 0.15) is 10.0 Å². The molecule has 18 heavy (non-hydrogen) atoms. The molecule has 1 N–H and O–H groups in total. The first-order valence-corrected chi connectivity index (χ1v) is 7.98. The molecule has 0 bridgehead atoms. The monoisotopic (exact) mass is 288 g/mol. The van der Waals surface area contributed by atoms with E-state index in [-0.39, 0.29) is 16.1 Å². The molecule has 0 aromatic carbocycles. The molecule has 0 amide bonds. The van der Waals surface area contributed by atoms with Gasteiger partial charge in [-0.15, -0.1) is 0 Å². The number of nitrogens with one attached hydrogen (secondary N) is 1. The van der Waals surface area contributed by atoms with Gasteiger partial charge in [-0.2, -0.15) is 0 Å². The van der Waals surface area contributed by atoms with E-state index >= 15 is 0 Å². The third-order valence-corrected chi connectivity index (χ3v) is 5.24. The van der Waals surface area contributed by atoms with Crippen molar-refractivity contribution in [2.45, 2.75) is 43.5 Å². The lowest BCUT2D eigenvalue weighted by molar-refractivity contribution is 0.327. The van der Waals surface area contributed by atoms with E-state index in [0.29, 0.717) is 5.92 Å². The lowest BCUT2D eigenvalue weighted by atomic mass is 9.88. The van der Waals surface area contributed by atoms with Crippen molar-refractivity contribution in [3.8, 4) is 0 Å². The second kappa shape index (κ2) is 5.55. The lowest BCUT2D eigenvalue weighted by Gasteiger charge is -2.27. The molecule has 1 fully saturated rings. The number of aromatic nitrogens is 1. The van der Waals surface area contributed by atoms with Gasteiger partial charge in [-0.3, -0.25) is 0 Å². The van der Waals surface area contributed by atoms with Crippen LogP contribution in [0.2, 0.25) is 5.15 Å². The Morgan fingerprint density at radius 3 is 2.89 bits per heavy atom. The summed E-state index contributed by atoms with van der Waals surface area (Å²) in [6.07, 6.45) is 5.49. The van der Waals surface area contributed by atoms with Crippen LogP contribution in [0.25, 0.3) is 0 Å². The highest BCUT2D eigenvalue weighted by Crippen LogP contribution is 2.26. The Hall–Kier alpha value is -0.650. The first-order valence-electron chi connectivity index (χ1n) is 6.12. The van der Waals surface area contributed by atoms with Crippen molar-refractivity contribution in [3.05, 3.63) is 23.5 Å². The van der Waals surface area contributed by atoms with E-state index in [1.54, 1.807) is 6.07 Å². The minimum atomic E-state index is -3.56. The van der Waals surface area contributed by atoms with Gasteiger partial charge in [0.2, 0.25) is 10.0 Å². The average molecular weight is 289 g/mol. The van der Waals surface area contributed by atoms with Crippen molar-refractivity contribution in [3.63, 3.8) is 0 Å². The normalized spacial score (nSPS) is 25.0. The molecule has 2 rings (SSSR count). The van der Waals surface area contributed by atoms with E-state index in [2.05, 4.69) is 16.6 Å². The molecule has 100 valence electrons. The predicted octanol–water partition coefficient (Wildman–Crippen LogP) is 2.59. The van der Waals surface area contributed by atoms with Gasteiger partial charge in [0, 0.05) is 12.2 Å². The molecule has 0 aliphatic heterocycles. The molecular formula is C12H17ClN2O2S. The van der Waals surface area contributed by atoms with Gasteiger partial charge in [0.25, 0.3) is 0 Å². The standard InChI is InChI=1S/C12H17ClN2O2S/c1-9-4-2-5-10(8-9)15-18(16,17)11-6-3-7-14-12(11)13/h3,6-7,9-10,15H,2,4-5,8H2,1H3. The highest BCUT2D eigenvalue weighted by molar-refractivity contribution is 7.89. The van der Waals surface area contributed by atoms with Crippen LogP contribution in [0.15, 0.2) is 23.2 Å². The molecule has 0 saturated heterocycles. The van der Waals surface area contributed by atoms with E-state index in [1.807, 2.05) is 0 Å². The van der Waals surface area contributed by atoms with Crippen molar-refractivity contribution in [2.75, 3.05) is 0 Å². The topological polar surface area (TPSA) is 59.1 Å². The maximum atomic E-state index is 12.2. The quantitative estimate of drug-likeness (QED) is 0.870. The number of pyridine rings is 1. The Balaban J connectivity index is 2.15. The number of halogens is 1. The van der Waals surface area contributed by atoms with Crippen molar-refractivity contribution < 1.29 is 8.42 Å². The van der Waals surface area contributed by atoms with Gasteiger partial charge >= 0.3 is 0 Å². The summed E-state index contributed by atoms with van der Waals surface area (Å²) < 4.78 is 27.1. The van der Waals surface area contributed by atoms with Crippen molar-refractivity contribution in [1.82, 2.24) is 9.71 Å². The van der Waals surface area contributed by atoms with Gasteiger partial charge < -0.3 is 0 Å². The molecule has 6 heteroatoms. The summed E-state index contributed by atoms with van der Waals surface area (Å²) >= 11 is 5.82. The Morgan fingerprint density at radius 1 is 1.44 bits per heavy atom. The van der Waals surface area contributed by atoms with Crippen LogP contribution in [0.1, 0.15) is 32.6 Å². The van der Waals surface area contributed by atoms with Crippen LogP contribution >= 0.6 is 11.6 Å². The Labute approximate surface area is 113 Å². The van der Waals surface area contributed by atoms with Crippen molar-refractivity contribution in [2.24, 2.45) is 5.92 Å². The molecule has 0 radical (unpaired) electrons. The van der Waals surface area contributed by atoms with Crippen LogP contribution in [0, 0.1) is 5.92 Å². The Morgan fingerprint density at radius 2 is 2.22 bits per heavy atom. The first kappa shape index (κ1) is 13.8. The third-order valence-electron chi connectivity index (χ3n) is 3.27. The van der Waals surface area contributed by atoms with Crippen LogP contribution in [-0.4, -0.2) is 19.4 Å². The number of hydrogen-bond acceptors (Lipinski definition) is 3. The molecule has 1 aliphatic carbocycles. The van der Waals surface area contributed by atoms with Gasteiger partial charge in [-0.1, -0.05) is 31.4 Å². The zero-order chi connectivity index (χ0) is 13.2. The van der Waals surface area contributed by atoms with E-state index < -0.39 is 10.0 Å². The van der Waals surface area contributed by atoms with Gasteiger partial charge in [-0.05, 0) is 30.9 Å². The molecule has 1 aliphatic rings. The number of sulfonamides is 1. The van der Waals surface area contributed by atoms with E-state index in [4.69, 9.17) is 11.6 Å². The highest BCUT2D eigenvalue weighted by Gasteiger charge is 2.26. The van der Waals surface area contributed by atoms with E-state index in [1.165, 1.54) is 18.7 Å². The molecule has 2 atom stereocenters. The fourth-order valence-electron chi connectivity index (χ4n) is 2.40. The predicted molar refractivity (Wildman–Crippen MR) is 71.0 cm³/mol. The summed E-state index contributed by atoms with van der Waals surface area (Å²) in [5.74, 6) is 0.566. The molecular weight excluding hydrogens is 272 g/mol. The Kier molecular flexibility index (Phi) is 4.25. The van der Waals surface area contributed by atoms with Crippen molar-refractivity contribution in [1.29, 1.82) is 0 Å². The van der Waals surface area contributed by atoms with Gasteiger partial charge in [-0.25, -0.2) is 18.1 Å².